The molecule has 0 bridgehead atoms. The zero-order valence-electron chi connectivity index (χ0n) is 14.0. The molecule has 1 aliphatic rings. The molecule has 24 heavy (non-hydrogen) atoms. The highest BCUT2D eigenvalue weighted by molar-refractivity contribution is 8.00. The van der Waals surface area contributed by atoms with Crippen LogP contribution in [-0.4, -0.2) is 55.5 Å². The third kappa shape index (κ3) is 4.88. The van der Waals surface area contributed by atoms with Crippen molar-refractivity contribution in [2.75, 3.05) is 38.7 Å². The molecule has 7 heteroatoms. The number of hydrogen-bond donors (Lipinski definition) is 0. The lowest BCUT2D eigenvalue weighted by molar-refractivity contribution is -0.145. The van der Waals surface area contributed by atoms with Crippen LogP contribution in [-0.2, 0) is 19.1 Å². The number of amides is 1. The van der Waals surface area contributed by atoms with Gasteiger partial charge < -0.3 is 19.1 Å². The second-order valence-electron chi connectivity index (χ2n) is 5.08. The van der Waals surface area contributed by atoms with Gasteiger partial charge in [0, 0.05) is 18.7 Å². The summed E-state index contributed by atoms with van der Waals surface area (Å²) in [7, 11) is 0. The Kier molecular flexibility index (Phi) is 7.39. The SMILES string of the molecule is CCOCCN1C(=O)CSC1c1ccccc1OCC(=O)OCC. The molecule has 1 unspecified atom stereocenters. The highest BCUT2D eigenvalue weighted by Gasteiger charge is 2.34. The van der Waals surface area contributed by atoms with Crippen LogP contribution >= 0.6 is 11.8 Å². The average Bonchev–Trinajstić information content (AvgIpc) is 2.95. The van der Waals surface area contributed by atoms with Gasteiger partial charge in [-0.05, 0) is 19.9 Å². The van der Waals surface area contributed by atoms with Gasteiger partial charge in [-0.3, -0.25) is 4.79 Å². The lowest BCUT2D eigenvalue weighted by atomic mass is 10.2. The molecule has 1 aliphatic heterocycles. The van der Waals surface area contributed by atoms with Crippen LogP contribution in [0.15, 0.2) is 24.3 Å². The summed E-state index contributed by atoms with van der Waals surface area (Å²) < 4.78 is 15.9. The van der Waals surface area contributed by atoms with Gasteiger partial charge in [-0.15, -0.1) is 11.8 Å². The molecule has 0 spiro atoms. The van der Waals surface area contributed by atoms with Crippen molar-refractivity contribution >= 4 is 23.6 Å². The minimum absolute atomic E-state index is 0.0879. The molecule has 132 valence electrons. The number of hydrogen-bond acceptors (Lipinski definition) is 6. The van der Waals surface area contributed by atoms with Gasteiger partial charge in [-0.25, -0.2) is 4.79 Å². The summed E-state index contributed by atoms with van der Waals surface area (Å²) >= 11 is 1.55. The third-order valence-corrected chi connectivity index (χ3v) is 4.72. The monoisotopic (exact) mass is 353 g/mol. The van der Waals surface area contributed by atoms with E-state index in [0.717, 1.165) is 5.56 Å². The second kappa shape index (κ2) is 9.54. The quantitative estimate of drug-likeness (QED) is 0.501. The normalized spacial score (nSPS) is 17.2. The Morgan fingerprint density at radius 1 is 1.29 bits per heavy atom. The maximum Gasteiger partial charge on any atom is 0.344 e. The smallest absolute Gasteiger partial charge is 0.344 e. The number of benzene rings is 1. The zero-order chi connectivity index (χ0) is 17.4. The van der Waals surface area contributed by atoms with Gasteiger partial charge >= 0.3 is 5.97 Å². The third-order valence-electron chi connectivity index (χ3n) is 3.48. The maximum absolute atomic E-state index is 12.1. The zero-order valence-corrected chi connectivity index (χ0v) is 14.8. The highest BCUT2D eigenvalue weighted by atomic mass is 32.2. The largest absolute Gasteiger partial charge is 0.482 e. The summed E-state index contributed by atoms with van der Waals surface area (Å²) in [4.78, 5) is 25.5. The van der Waals surface area contributed by atoms with Crippen molar-refractivity contribution in [1.82, 2.24) is 4.90 Å². The van der Waals surface area contributed by atoms with Crippen LogP contribution in [0, 0.1) is 0 Å². The van der Waals surface area contributed by atoms with Crippen molar-refractivity contribution in [1.29, 1.82) is 0 Å². The van der Waals surface area contributed by atoms with Gasteiger partial charge in [0.05, 0.1) is 19.0 Å². The minimum atomic E-state index is -0.407. The van der Waals surface area contributed by atoms with Gasteiger partial charge in [0.15, 0.2) is 6.61 Å². The molecule has 0 radical (unpaired) electrons. The molecule has 1 heterocycles. The van der Waals surface area contributed by atoms with E-state index in [1.165, 1.54) is 0 Å². The number of carbonyl (C=O) groups excluding carboxylic acids is 2. The molecule has 0 saturated carbocycles. The maximum atomic E-state index is 12.1. The molecule has 1 amide bonds. The Bertz CT molecular complexity index is 566. The Balaban J connectivity index is 2.09. The van der Waals surface area contributed by atoms with Gasteiger partial charge in [-0.1, -0.05) is 18.2 Å². The van der Waals surface area contributed by atoms with Crippen LogP contribution in [0.3, 0.4) is 0 Å². The fourth-order valence-corrected chi connectivity index (χ4v) is 3.66. The minimum Gasteiger partial charge on any atom is -0.482 e. The summed E-state index contributed by atoms with van der Waals surface area (Å²) in [6.07, 6.45) is 0. The van der Waals surface area contributed by atoms with E-state index in [4.69, 9.17) is 14.2 Å². The molecule has 1 aromatic carbocycles. The van der Waals surface area contributed by atoms with Crippen molar-refractivity contribution in [3.63, 3.8) is 0 Å². The first-order valence-electron chi connectivity index (χ1n) is 8.03. The molecule has 6 nitrogen and oxygen atoms in total. The van der Waals surface area contributed by atoms with Crippen LogP contribution in [0.1, 0.15) is 24.8 Å². The molecular weight excluding hydrogens is 330 g/mol. The van der Waals surface area contributed by atoms with Crippen LogP contribution in [0.5, 0.6) is 5.75 Å². The molecule has 0 aliphatic carbocycles. The summed E-state index contributed by atoms with van der Waals surface area (Å²) in [5.74, 6) is 0.711. The molecule has 1 aromatic rings. The number of ether oxygens (including phenoxy) is 3. The lowest BCUT2D eigenvalue weighted by Crippen LogP contribution is -2.31. The molecule has 0 aromatic heterocycles. The van der Waals surface area contributed by atoms with Crippen molar-refractivity contribution in [2.24, 2.45) is 0 Å². The van der Waals surface area contributed by atoms with Crippen molar-refractivity contribution in [3.05, 3.63) is 29.8 Å². The van der Waals surface area contributed by atoms with Crippen LogP contribution in [0.25, 0.3) is 0 Å². The van der Waals surface area contributed by atoms with E-state index in [1.54, 1.807) is 29.7 Å². The summed E-state index contributed by atoms with van der Waals surface area (Å²) in [5.41, 5.74) is 0.883. The molecule has 1 saturated heterocycles. The highest BCUT2D eigenvalue weighted by Crippen LogP contribution is 2.42. The standard InChI is InChI=1S/C17H23NO5S/c1-3-21-10-9-18-15(19)12-24-17(18)13-7-5-6-8-14(13)23-11-16(20)22-4-2/h5-8,17H,3-4,9-12H2,1-2H3. The average molecular weight is 353 g/mol. The van der Waals surface area contributed by atoms with Crippen molar-refractivity contribution < 1.29 is 23.8 Å². The number of nitrogens with zero attached hydrogens (tertiary/aromatic N) is 1. The molecule has 2 rings (SSSR count). The van der Waals surface area contributed by atoms with Crippen LogP contribution in [0.4, 0.5) is 0 Å². The van der Waals surface area contributed by atoms with Gasteiger partial charge in [0.2, 0.25) is 5.91 Å². The van der Waals surface area contributed by atoms with E-state index in [0.29, 0.717) is 37.9 Å². The number of thioether (sulfide) groups is 1. The topological polar surface area (TPSA) is 65.1 Å². The van der Waals surface area contributed by atoms with Crippen LogP contribution < -0.4 is 4.74 Å². The number of para-hydroxylation sites is 1. The van der Waals surface area contributed by atoms with E-state index in [1.807, 2.05) is 25.1 Å². The predicted octanol–water partition coefficient (Wildman–Crippen LogP) is 2.24. The first kappa shape index (κ1) is 18.6. The van der Waals surface area contributed by atoms with E-state index in [2.05, 4.69) is 0 Å². The summed E-state index contributed by atoms with van der Waals surface area (Å²) in [6.45, 7) is 5.53. The molecule has 1 fully saturated rings. The van der Waals surface area contributed by atoms with E-state index < -0.39 is 5.97 Å². The summed E-state index contributed by atoms with van der Waals surface area (Å²) in [5, 5.41) is -0.128. The number of esters is 1. The Morgan fingerprint density at radius 3 is 2.83 bits per heavy atom. The Hall–Kier alpha value is -1.73. The first-order valence-corrected chi connectivity index (χ1v) is 9.08. The molecular formula is C17H23NO5S. The van der Waals surface area contributed by atoms with Gasteiger partial charge in [-0.2, -0.15) is 0 Å². The summed E-state index contributed by atoms with van der Waals surface area (Å²) in [6, 6.07) is 7.47. The Morgan fingerprint density at radius 2 is 2.08 bits per heavy atom. The predicted molar refractivity (Wildman–Crippen MR) is 92.0 cm³/mol. The second-order valence-corrected chi connectivity index (χ2v) is 6.15. The number of carbonyl (C=O) groups is 2. The van der Waals surface area contributed by atoms with E-state index >= 15 is 0 Å². The fraction of sp³-hybridized carbons (Fsp3) is 0.529. The van der Waals surface area contributed by atoms with Crippen LogP contribution in [0.2, 0.25) is 0 Å². The number of rotatable bonds is 9. The van der Waals surface area contributed by atoms with E-state index in [-0.39, 0.29) is 17.9 Å². The van der Waals surface area contributed by atoms with E-state index in [9.17, 15) is 9.59 Å². The molecule has 0 N–H and O–H groups in total. The van der Waals surface area contributed by atoms with Crippen molar-refractivity contribution in [2.45, 2.75) is 19.2 Å². The van der Waals surface area contributed by atoms with Gasteiger partial charge in [0.1, 0.15) is 11.1 Å². The van der Waals surface area contributed by atoms with Gasteiger partial charge in [0.25, 0.3) is 0 Å². The Labute approximate surface area is 146 Å². The first-order chi connectivity index (χ1) is 11.7. The lowest BCUT2D eigenvalue weighted by Gasteiger charge is -2.25. The molecule has 1 atom stereocenters. The fourth-order valence-electron chi connectivity index (χ4n) is 2.42. The van der Waals surface area contributed by atoms with Crippen molar-refractivity contribution in [3.8, 4) is 5.75 Å².